The number of benzene rings is 1. The average molecular weight is 411 g/mol. The predicted octanol–water partition coefficient (Wildman–Crippen LogP) is 1.03. The van der Waals surface area contributed by atoms with Crippen LogP contribution in [0.3, 0.4) is 0 Å². The topological polar surface area (TPSA) is 119 Å². The van der Waals surface area contributed by atoms with E-state index in [-0.39, 0.29) is 12.5 Å². The van der Waals surface area contributed by atoms with Crippen LogP contribution in [0.5, 0.6) is 0 Å². The first-order valence-electron chi connectivity index (χ1n) is 6.40. The Bertz CT molecular complexity index is 684. The largest absolute Gasteiger partial charge is 0.394 e. The van der Waals surface area contributed by atoms with Crippen molar-refractivity contribution in [2.24, 2.45) is 0 Å². The fourth-order valence-electron chi connectivity index (χ4n) is 1.95. The van der Waals surface area contributed by atoms with Gasteiger partial charge in [-0.3, -0.25) is 0 Å². The summed E-state index contributed by atoms with van der Waals surface area (Å²) in [6.07, 6.45) is -0.986. The summed E-state index contributed by atoms with van der Waals surface area (Å²) in [5.74, 6) is 0.548. The van der Waals surface area contributed by atoms with Gasteiger partial charge < -0.3 is 20.8 Å². The fourth-order valence-corrected chi connectivity index (χ4v) is 2.47. The van der Waals surface area contributed by atoms with Gasteiger partial charge in [-0.05, 0) is 34.7 Å². The van der Waals surface area contributed by atoms with Crippen LogP contribution >= 0.6 is 22.6 Å². The van der Waals surface area contributed by atoms with E-state index in [0.717, 1.165) is 0 Å². The van der Waals surface area contributed by atoms with Gasteiger partial charge in [0.05, 0.1) is 30.5 Å². The molecule has 0 saturated heterocycles. The maximum absolute atomic E-state index is 9.80. The van der Waals surface area contributed by atoms with Crippen molar-refractivity contribution in [3.05, 3.63) is 39.6 Å². The number of hydrogen-bond acceptors (Lipinski definition) is 7. The molecule has 0 fully saturated rings. The Morgan fingerprint density at radius 3 is 2.73 bits per heavy atom. The first kappa shape index (κ1) is 16.4. The van der Waals surface area contributed by atoms with Gasteiger partial charge in [0, 0.05) is 6.07 Å². The molecule has 1 unspecified atom stereocenters. The normalized spacial score (nSPS) is 11.7. The van der Waals surface area contributed by atoms with Crippen LogP contribution < -0.4 is 10.6 Å². The molecule has 4 N–H and O–H groups in total. The summed E-state index contributed by atoms with van der Waals surface area (Å²) in [6.45, 7) is -0.329. The van der Waals surface area contributed by atoms with Crippen LogP contribution in [0, 0.1) is 15.0 Å². The van der Waals surface area contributed by atoms with Gasteiger partial charge in [-0.15, -0.1) is 0 Å². The number of aliphatic hydroxyl groups is 2. The molecule has 2 aromatic rings. The molecule has 0 aliphatic heterocycles. The van der Waals surface area contributed by atoms with Gasteiger partial charge in [-0.2, -0.15) is 10.2 Å². The minimum Gasteiger partial charge on any atom is -0.394 e. The van der Waals surface area contributed by atoms with Gasteiger partial charge in [0.1, 0.15) is 15.6 Å². The molecular weight excluding hydrogens is 397 g/mol. The molecule has 0 spiro atoms. The van der Waals surface area contributed by atoms with Crippen molar-refractivity contribution < 1.29 is 10.2 Å². The lowest BCUT2D eigenvalue weighted by molar-refractivity contribution is 0.102. The van der Waals surface area contributed by atoms with Crippen LogP contribution in [0.25, 0.3) is 0 Å². The lowest BCUT2D eigenvalue weighted by Crippen LogP contribution is -2.32. The number of aromatic nitrogens is 2. The smallest absolute Gasteiger partial charge is 0.222 e. The maximum Gasteiger partial charge on any atom is 0.222 e. The Balaban J connectivity index is 2.53. The third kappa shape index (κ3) is 3.82. The summed E-state index contributed by atoms with van der Waals surface area (Å²) in [5.41, 5.74) is 6.68. The number of nitrogens with two attached hydrogens (primary N) is 1. The number of hydrogen-bond donors (Lipinski definition) is 3. The zero-order valence-corrected chi connectivity index (χ0v) is 13.7. The highest BCUT2D eigenvalue weighted by atomic mass is 127. The maximum atomic E-state index is 9.80. The number of nitriles is 1. The molecule has 0 bridgehead atoms. The van der Waals surface area contributed by atoms with Crippen LogP contribution in [-0.2, 0) is 0 Å². The second-order valence-corrected chi connectivity index (χ2v) is 5.59. The van der Waals surface area contributed by atoms with Crippen molar-refractivity contribution in [1.82, 2.24) is 9.97 Å². The fraction of sp³-hybridized carbons (Fsp3) is 0.214. The Morgan fingerprint density at radius 1 is 1.36 bits per heavy atom. The lowest BCUT2D eigenvalue weighted by atomic mass is 10.1. The first-order valence-corrected chi connectivity index (χ1v) is 7.48. The zero-order chi connectivity index (χ0) is 16.1. The second-order valence-electron chi connectivity index (χ2n) is 4.48. The van der Waals surface area contributed by atoms with Crippen molar-refractivity contribution in [1.29, 1.82) is 5.26 Å². The summed E-state index contributed by atoms with van der Waals surface area (Å²) in [7, 11) is 0. The zero-order valence-electron chi connectivity index (χ0n) is 11.5. The number of para-hydroxylation sites is 1. The molecule has 1 atom stereocenters. The van der Waals surface area contributed by atoms with Crippen LogP contribution in [0.1, 0.15) is 5.56 Å². The highest BCUT2D eigenvalue weighted by molar-refractivity contribution is 14.1. The molecule has 0 aliphatic rings. The minimum absolute atomic E-state index is 0.0712. The van der Waals surface area contributed by atoms with Crippen LogP contribution in [0.4, 0.5) is 17.5 Å². The van der Waals surface area contributed by atoms with E-state index < -0.39 is 12.7 Å². The summed E-state index contributed by atoms with van der Waals surface area (Å²) in [4.78, 5) is 9.80. The Hall–Kier alpha value is -1.96. The number of aliphatic hydroxyl groups excluding tert-OH is 2. The van der Waals surface area contributed by atoms with Crippen molar-refractivity contribution in [2.75, 3.05) is 23.8 Å². The molecule has 1 aromatic heterocycles. The molecule has 8 heteroatoms. The highest BCUT2D eigenvalue weighted by Crippen LogP contribution is 2.28. The molecule has 0 amide bonds. The molecule has 7 nitrogen and oxygen atoms in total. The third-order valence-corrected chi connectivity index (χ3v) is 3.45. The van der Waals surface area contributed by atoms with E-state index in [1.54, 1.807) is 35.2 Å². The predicted molar refractivity (Wildman–Crippen MR) is 90.4 cm³/mol. The van der Waals surface area contributed by atoms with E-state index in [1.807, 2.05) is 22.6 Å². The van der Waals surface area contributed by atoms with Gasteiger partial charge in [-0.25, -0.2) is 4.98 Å². The number of rotatable bonds is 5. The molecule has 0 saturated carbocycles. The molecule has 2 rings (SSSR count). The summed E-state index contributed by atoms with van der Waals surface area (Å²) < 4.78 is 0.637. The Kier molecular flexibility index (Phi) is 5.48. The summed E-state index contributed by atoms with van der Waals surface area (Å²) in [6, 6.07) is 10.7. The van der Waals surface area contributed by atoms with Crippen molar-refractivity contribution in [2.45, 2.75) is 6.10 Å². The SMILES string of the molecule is N#Cc1ccccc1N(CC(O)CO)c1cc(I)nc(N)n1. The molecular formula is C14H14IN5O2. The average Bonchev–Trinajstić information content (AvgIpc) is 2.51. The van der Waals surface area contributed by atoms with E-state index in [1.165, 1.54) is 0 Å². The number of anilines is 3. The van der Waals surface area contributed by atoms with Crippen molar-refractivity contribution >= 4 is 40.0 Å². The monoisotopic (exact) mass is 411 g/mol. The number of nitrogens with zero attached hydrogens (tertiary/aromatic N) is 4. The van der Waals surface area contributed by atoms with E-state index in [0.29, 0.717) is 20.8 Å². The van der Waals surface area contributed by atoms with E-state index in [9.17, 15) is 10.4 Å². The summed E-state index contributed by atoms with van der Waals surface area (Å²) >= 11 is 2.01. The standard InChI is InChI=1S/C14H14IN5O2/c15-12-5-13(19-14(17)18-12)20(7-10(22)8-21)11-4-2-1-3-9(11)6-16/h1-5,10,21-22H,7-8H2,(H2,17,18,19). The molecule has 22 heavy (non-hydrogen) atoms. The quantitative estimate of drug-likeness (QED) is 0.497. The van der Waals surface area contributed by atoms with E-state index in [4.69, 9.17) is 10.8 Å². The third-order valence-electron chi connectivity index (χ3n) is 2.89. The number of halogens is 1. The van der Waals surface area contributed by atoms with E-state index in [2.05, 4.69) is 16.0 Å². The Labute approximate surface area is 141 Å². The van der Waals surface area contributed by atoms with Crippen molar-refractivity contribution in [3.8, 4) is 6.07 Å². The van der Waals surface area contributed by atoms with Gasteiger partial charge in [0.15, 0.2) is 0 Å². The van der Waals surface area contributed by atoms with Gasteiger partial charge in [0.25, 0.3) is 0 Å². The molecule has 1 aromatic carbocycles. The first-order chi connectivity index (χ1) is 10.5. The molecule has 1 heterocycles. The van der Waals surface area contributed by atoms with E-state index >= 15 is 0 Å². The van der Waals surface area contributed by atoms with Gasteiger partial charge >= 0.3 is 0 Å². The summed E-state index contributed by atoms with van der Waals surface area (Å²) in [5, 5.41) is 28.2. The minimum atomic E-state index is -0.986. The van der Waals surface area contributed by atoms with Crippen LogP contribution in [-0.4, -0.2) is 39.4 Å². The second kappa shape index (κ2) is 7.35. The van der Waals surface area contributed by atoms with Crippen LogP contribution in [0.2, 0.25) is 0 Å². The van der Waals surface area contributed by atoms with Gasteiger partial charge in [-0.1, -0.05) is 12.1 Å². The Morgan fingerprint density at radius 2 is 2.09 bits per heavy atom. The molecule has 0 radical (unpaired) electrons. The highest BCUT2D eigenvalue weighted by Gasteiger charge is 2.19. The van der Waals surface area contributed by atoms with Crippen molar-refractivity contribution in [3.63, 3.8) is 0 Å². The lowest BCUT2D eigenvalue weighted by Gasteiger charge is -2.26. The molecule has 114 valence electrons. The van der Waals surface area contributed by atoms with Crippen LogP contribution in [0.15, 0.2) is 30.3 Å². The number of nitrogen functional groups attached to an aromatic ring is 1. The van der Waals surface area contributed by atoms with Gasteiger partial charge in [0.2, 0.25) is 5.95 Å². The molecule has 0 aliphatic carbocycles.